The van der Waals surface area contributed by atoms with Crippen molar-refractivity contribution in [2.45, 2.75) is 19.8 Å². The van der Waals surface area contributed by atoms with E-state index >= 15 is 0 Å². The largest absolute Gasteiger partial charge is 0.495 e. The Morgan fingerprint density at radius 1 is 1.33 bits per heavy atom. The topological polar surface area (TPSA) is 79.5 Å². The minimum atomic E-state index is -0.158. The fourth-order valence-electron chi connectivity index (χ4n) is 2.40. The van der Waals surface area contributed by atoms with Crippen LogP contribution in [0.2, 0.25) is 0 Å². The quantitative estimate of drug-likeness (QED) is 0.787. The maximum absolute atomic E-state index is 12.3. The molecule has 6 nitrogen and oxygen atoms in total. The van der Waals surface area contributed by atoms with E-state index in [9.17, 15) is 9.59 Å². The van der Waals surface area contributed by atoms with Gasteiger partial charge in [0.05, 0.1) is 18.7 Å². The number of anilines is 2. The van der Waals surface area contributed by atoms with E-state index < -0.39 is 0 Å². The van der Waals surface area contributed by atoms with Crippen LogP contribution in [0.1, 0.15) is 19.8 Å². The molecule has 0 spiro atoms. The van der Waals surface area contributed by atoms with E-state index in [1.807, 2.05) is 0 Å². The van der Waals surface area contributed by atoms with Gasteiger partial charge in [0, 0.05) is 19.2 Å². The standard InChI is InChI=1S/C15H21N3O3/c1-10(19)17-12-5-6-14(21-2)13(8-12)18-15(20)11-4-3-7-16-9-11/h5-6,8,11,16H,3-4,7,9H2,1-2H3,(H,17,19)(H,18,20). The Labute approximate surface area is 124 Å². The summed E-state index contributed by atoms with van der Waals surface area (Å²) in [6.07, 6.45) is 1.88. The first kappa shape index (κ1) is 15.3. The van der Waals surface area contributed by atoms with E-state index in [4.69, 9.17) is 4.74 Å². The molecule has 0 saturated carbocycles. The van der Waals surface area contributed by atoms with E-state index in [1.165, 1.54) is 6.92 Å². The number of rotatable bonds is 4. The fraction of sp³-hybridized carbons (Fsp3) is 0.467. The molecule has 1 aromatic carbocycles. The summed E-state index contributed by atoms with van der Waals surface area (Å²) in [6.45, 7) is 3.10. The Kier molecular flexibility index (Phi) is 5.16. The third-order valence-corrected chi connectivity index (χ3v) is 3.45. The summed E-state index contributed by atoms with van der Waals surface area (Å²) in [5, 5.41) is 8.80. The predicted octanol–water partition coefficient (Wildman–Crippen LogP) is 1.59. The molecule has 6 heteroatoms. The van der Waals surface area contributed by atoms with Crippen LogP contribution in [0, 0.1) is 5.92 Å². The number of piperidine rings is 1. The SMILES string of the molecule is COc1ccc(NC(C)=O)cc1NC(=O)C1CCCNC1. The van der Waals surface area contributed by atoms with Crippen LogP contribution in [-0.2, 0) is 9.59 Å². The summed E-state index contributed by atoms with van der Waals surface area (Å²) >= 11 is 0. The van der Waals surface area contributed by atoms with Crippen LogP contribution in [0.25, 0.3) is 0 Å². The second-order valence-corrected chi connectivity index (χ2v) is 5.13. The Bertz CT molecular complexity index is 525. The molecule has 0 bridgehead atoms. The van der Waals surface area contributed by atoms with Crippen molar-refractivity contribution in [3.8, 4) is 5.75 Å². The number of carbonyl (C=O) groups is 2. The molecule has 2 amide bonds. The molecule has 114 valence electrons. The van der Waals surface area contributed by atoms with Gasteiger partial charge in [0.1, 0.15) is 5.75 Å². The van der Waals surface area contributed by atoms with Crippen LogP contribution in [0.4, 0.5) is 11.4 Å². The molecule has 1 aliphatic heterocycles. The summed E-state index contributed by atoms with van der Waals surface area (Å²) in [6, 6.07) is 5.16. The second-order valence-electron chi connectivity index (χ2n) is 5.13. The molecule has 1 unspecified atom stereocenters. The summed E-state index contributed by atoms with van der Waals surface area (Å²) < 4.78 is 5.25. The first-order chi connectivity index (χ1) is 10.1. The van der Waals surface area contributed by atoms with Crippen molar-refractivity contribution in [3.63, 3.8) is 0 Å². The molecule has 1 atom stereocenters. The van der Waals surface area contributed by atoms with Crippen molar-refractivity contribution >= 4 is 23.2 Å². The van der Waals surface area contributed by atoms with Gasteiger partial charge >= 0.3 is 0 Å². The van der Waals surface area contributed by atoms with Crippen molar-refractivity contribution in [1.82, 2.24) is 5.32 Å². The van der Waals surface area contributed by atoms with Crippen LogP contribution in [0.3, 0.4) is 0 Å². The highest BCUT2D eigenvalue weighted by Gasteiger charge is 2.21. The number of methoxy groups -OCH3 is 1. The maximum atomic E-state index is 12.3. The van der Waals surface area contributed by atoms with Crippen molar-refractivity contribution in [2.24, 2.45) is 5.92 Å². The Morgan fingerprint density at radius 2 is 2.14 bits per heavy atom. The van der Waals surface area contributed by atoms with Gasteiger partial charge in [-0.1, -0.05) is 0 Å². The van der Waals surface area contributed by atoms with Gasteiger partial charge < -0.3 is 20.7 Å². The van der Waals surface area contributed by atoms with Crippen molar-refractivity contribution < 1.29 is 14.3 Å². The lowest BCUT2D eigenvalue weighted by Crippen LogP contribution is -2.37. The first-order valence-corrected chi connectivity index (χ1v) is 7.07. The van der Waals surface area contributed by atoms with Gasteiger partial charge in [-0.25, -0.2) is 0 Å². The van der Waals surface area contributed by atoms with Gasteiger partial charge in [0.2, 0.25) is 11.8 Å². The molecular formula is C15H21N3O3. The molecule has 1 saturated heterocycles. The van der Waals surface area contributed by atoms with Crippen molar-refractivity contribution in [2.75, 3.05) is 30.8 Å². The molecule has 3 N–H and O–H groups in total. The third kappa shape index (κ3) is 4.19. The van der Waals surface area contributed by atoms with Gasteiger partial charge in [-0.05, 0) is 37.6 Å². The third-order valence-electron chi connectivity index (χ3n) is 3.45. The van der Waals surface area contributed by atoms with Gasteiger partial charge in [-0.3, -0.25) is 9.59 Å². The van der Waals surface area contributed by atoms with Crippen LogP contribution in [0.15, 0.2) is 18.2 Å². The number of benzene rings is 1. The first-order valence-electron chi connectivity index (χ1n) is 7.07. The van der Waals surface area contributed by atoms with Crippen LogP contribution >= 0.6 is 0 Å². The lowest BCUT2D eigenvalue weighted by atomic mass is 9.99. The number of amides is 2. The van der Waals surface area contributed by atoms with Crippen LogP contribution < -0.4 is 20.7 Å². The molecule has 1 heterocycles. The average Bonchev–Trinajstić information content (AvgIpc) is 2.48. The number of ether oxygens (including phenoxy) is 1. The van der Waals surface area contributed by atoms with E-state index in [-0.39, 0.29) is 17.7 Å². The number of nitrogens with one attached hydrogen (secondary N) is 3. The molecular weight excluding hydrogens is 270 g/mol. The van der Waals surface area contributed by atoms with Gasteiger partial charge in [0.15, 0.2) is 0 Å². The number of hydrogen-bond acceptors (Lipinski definition) is 4. The minimum Gasteiger partial charge on any atom is -0.495 e. The summed E-state index contributed by atoms with van der Waals surface area (Å²) in [5.74, 6) is 0.350. The number of hydrogen-bond donors (Lipinski definition) is 3. The Morgan fingerprint density at radius 3 is 2.76 bits per heavy atom. The molecule has 1 aliphatic rings. The zero-order valence-corrected chi connectivity index (χ0v) is 12.4. The average molecular weight is 291 g/mol. The highest BCUT2D eigenvalue weighted by molar-refractivity contribution is 5.96. The molecule has 2 rings (SSSR count). The molecule has 0 aliphatic carbocycles. The maximum Gasteiger partial charge on any atom is 0.228 e. The van der Waals surface area contributed by atoms with E-state index in [0.29, 0.717) is 23.7 Å². The van der Waals surface area contributed by atoms with Crippen molar-refractivity contribution in [3.05, 3.63) is 18.2 Å². The lowest BCUT2D eigenvalue weighted by molar-refractivity contribution is -0.120. The monoisotopic (exact) mass is 291 g/mol. The zero-order chi connectivity index (χ0) is 15.2. The summed E-state index contributed by atoms with van der Waals surface area (Å²) in [4.78, 5) is 23.4. The van der Waals surface area contributed by atoms with Gasteiger partial charge in [-0.15, -0.1) is 0 Å². The highest BCUT2D eigenvalue weighted by atomic mass is 16.5. The molecule has 21 heavy (non-hydrogen) atoms. The molecule has 0 aromatic heterocycles. The smallest absolute Gasteiger partial charge is 0.228 e. The summed E-state index contributed by atoms with van der Waals surface area (Å²) in [7, 11) is 1.55. The van der Waals surface area contributed by atoms with E-state index in [2.05, 4.69) is 16.0 Å². The van der Waals surface area contributed by atoms with E-state index in [1.54, 1.807) is 25.3 Å². The molecule has 1 aromatic rings. The predicted molar refractivity (Wildman–Crippen MR) is 81.5 cm³/mol. The fourth-order valence-corrected chi connectivity index (χ4v) is 2.40. The molecule has 0 radical (unpaired) electrons. The van der Waals surface area contributed by atoms with E-state index in [0.717, 1.165) is 19.4 Å². The lowest BCUT2D eigenvalue weighted by Gasteiger charge is -2.22. The zero-order valence-electron chi connectivity index (χ0n) is 12.4. The Balaban J connectivity index is 2.12. The minimum absolute atomic E-state index is 0.0273. The number of carbonyl (C=O) groups excluding carboxylic acids is 2. The van der Waals surface area contributed by atoms with Crippen LogP contribution in [-0.4, -0.2) is 32.0 Å². The highest BCUT2D eigenvalue weighted by Crippen LogP contribution is 2.28. The Hall–Kier alpha value is -2.08. The summed E-state index contributed by atoms with van der Waals surface area (Å²) in [5.41, 5.74) is 1.19. The van der Waals surface area contributed by atoms with Gasteiger partial charge in [0.25, 0.3) is 0 Å². The van der Waals surface area contributed by atoms with Gasteiger partial charge in [-0.2, -0.15) is 0 Å². The van der Waals surface area contributed by atoms with Crippen LogP contribution in [0.5, 0.6) is 5.75 Å². The second kappa shape index (κ2) is 7.08. The normalized spacial score (nSPS) is 17.9. The van der Waals surface area contributed by atoms with Crippen molar-refractivity contribution in [1.29, 1.82) is 0 Å². The molecule has 1 fully saturated rings.